The van der Waals surface area contributed by atoms with Crippen molar-refractivity contribution in [2.75, 3.05) is 27.9 Å². The number of pyridine rings is 1. The monoisotopic (exact) mass is 630 g/mol. The first-order valence-corrected chi connectivity index (χ1v) is 13.6. The summed E-state index contributed by atoms with van der Waals surface area (Å²) >= 11 is 0. The van der Waals surface area contributed by atoms with Crippen LogP contribution in [0, 0.1) is 11.3 Å². The Hall–Kier alpha value is -5.10. The van der Waals surface area contributed by atoms with Gasteiger partial charge in [0.25, 0.3) is 5.56 Å². The van der Waals surface area contributed by atoms with Crippen LogP contribution >= 0.6 is 0 Å². The Balaban J connectivity index is 2.17. The highest BCUT2D eigenvalue weighted by Gasteiger charge is 2.52. The van der Waals surface area contributed by atoms with E-state index in [2.05, 4.69) is 4.98 Å². The Kier molecular flexibility index (Phi) is 11.5. The Morgan fingerprint density at radius 3 is 1.80 bits per heavy atom. The van der Waals surface area contributed by atoms with Crippen molar-refractivity contribution in [2.24, 2.45) is 0 Å². The van der Waals surface area contributed by atoms with E-state index in [-0.39, 0.29) is 34.7 Å². The number of hydrogen-bond donors (Lipinski definition) is 1. The van der Waals surface area contributed by atoms with Crippen molar-refractivity contribution in [1.29, 1.82) is 5.26 Å². The summed E-state index contributed by atoms with van der Waals surface area (Å²) in [5.41, 5.74) is -0.126. The number of ether oxygens (including phenoxy) is 8. The van der Waals surface area contributed by atoms with E-state index in [0.717, 1.165) is 20.8 Å². The highest BCUT2D eigenvalue weighted by atomic mass is 16.7. The number of aromatic nitrogens is 1. The quantitative estimate of drug-likeness (QED) is 0.277. The third-order valence-electron chi connectivity index (χ3n) is 6.68. The topological polar surface area (TPSA) is 199 Å². The number of methoxy groups -OCH3 is 3. The Labute approximate surface area is 258 Å². The molecule has 0 spiro atoms. The van der Waals surface area contributed by atoms with E-state index in [4.69, 9.17) is 37.9 Å². The number of esters is 4. The van der Waals surface area contributed by atoms with Crippen LogP contribution in [0.3, 0.4) is 0 Å². The van der Waals surface area contributed by atoms with Crippen molar-refractivity contribution >= 4 is 23.9 Å². The van der Waals surface area contributed by atoms with Crippen molar-refractivity contribution in [3.63, 3.8) is 0 Å². The molecule has 1 aromatic heterocycles. The van der Waals surface area contributed by atoms with Crippen LogP contribution in [0.15, 0.2) is 23.0 Å². The molecule has 1 aromatic carbocycles. The summed E-state index contributed by atoms with van der Waals surface area (Å²) in [4.78, 5) is 63.8. The summed E-state index contributed by atoms with van der Waals surface area (Å²) in [6, 6.07) is 6.56. The molecule has 45 heavy (non-hydrogen) atoms. The second-order valence-electron chi connectivity index (χ2n) is 9.88. The van der Waals surface area contributed by atoms with Gasteiger partial charge in [0.15, 0.2) is 29.8 Å². The van der Waals surface area contributed by atoms with Crippen LogP contribution in [0.5, 0.6) is 17.2 Å². The van der Waals surface area contributed by atoms with E-state index in [1.807, 2.05) is 6.07 Å². The van der Waals surface area contributed by atoms with Gasteiger partial charge in [-0.15, -0.1) is 0 Å². The number of nitrogens with zero attached hydrogens (tertiary/aromatic N) is 1. The fourth-order valence-electron chi connectivity index (χ4n) is 5.00. The molecule has 15 nitrogen and oxygen atoms in total. The van der Waals surface area contributed by atoms with Crippen molar-refractivity contribution in [2.45, 2.75) is 64.6 Å². The molecule has 1 fully saturated rings. The lowest BCUT2D eigenvalue weighted by atomic mass is 9.91. The van der Waals surface area contributed by atoms with E-state index in [9.17, 15) is 29.2 Å². The summed E-state index contributed by atoms with van der Waals surface area (Å²) in [7, 11) is 4.26. The van der Waals surface area contributed by atoms with Gasteiger partial charge < -0.3 is 42.9 Å². The minimum Gasteiger partial charge on any atom is -0.493 e. The van der Waals surface area contributed by atoms with E-state index >= 15 is 0 Å². The van der Waals surface area contributed by atoms with Gasteiger partial charge in [0, 0.05) is 45.4 Å². The molecule has 1 aliphatic heterocycles. The molecule has 2 aromatic rings. The number of rotatable bonds is 11. The molecule has 2 heterocycles. The predicted molar refractivity (Wildman–Crippen MR) is 153 cm³/mol. The van der Waals surface area contributed by atoms with Gasteiger partial charge in [-0.1, -0.05) is 0 Å². The zero-order valence-electron chi connectivity index (χ0n) is 25.8. The standard InChI is InChI=1S/C30H34N2O13/c1-14(33)41-13-25-28(43-16(3)35)29(44-17(4)36)27(42-15(2)34)24(45-25)11-19-10-20(21(12-31)30(37)32-19)18-8-22(38-5)26(40-7)23(9-18)39-6/h8-10,24-25,27-29H,11,13H2,1-7H3,(H,32,37)/t24-,25+,27-,28+,29+/m0/s1. The van der Waals surface area contributed by atoms with Crippen molar-refractivity contribution in [1.82, 2.24) is 4.98 Å². The minimum atomic E-state index is -1.38. The molecule has 0 radical (unpaired) electrons. The van der Waals surface area contributed by atoms with Gasteiger partial charge in [-0.05, 0) is 23.8 Å². The van der Waals surface area contributed by atoms with Gasteiger partial charge in [0.1, 0.15) is 30.4 Å². The van der Waals surface area contributed by atoms with Crippen molar-refractivity contribution in [3.8, 4) is 34.4 Å². The lowest BCUT2D eigenvalue weighted by molar-refractivity contribution is -0.252. The molecular weight excluding hydrogens is 596 g/mol. The molecule has 0 amide bonds. The number of carbonyl (C=O) groups excluding carboxylic acids is 4. The Morgan fingerprint density at radius 2 is 1.33 bits per heavy atom. The zero-order valence-corrected chi connectivity index (χ0v) is 25.8. The van der Waals surface area contributed by atoms with E-state index in [0.29, 0.717) is 11.3 Å². The first kappa shape index (κ1) is 34.4. The largest absolute Gasteiger partial charge is 0.493 e. The molecule has 3 rings (SSSR count). The minimum absolute atomic E-state index is 0.169. The van der Waals surface area contributed by atoms with Crippen molar-refractivity contribution < 1.29 is 57.1 Å². The molecule has 0 unspecified atom stereocenters. The number of aromatic amines is 1. The van der Waals surface area contributed by atoms with Gasteiger partial charge in [0.05, 0.1) is 21.3 Å². The van der Waals surface area contributed by atoms with Gasteiger partial charge in [-0.3, -0.25) is 24.0 Å². The third-order valence-corrected chi connectivity index (χ3v) is 6.68. The van der Waals surface area contributed by atoms with Gasteiger partial charge >= 0.3 is 23.9 Å². The normalized spacial score (nSPS) is 20.6. The fraction of sp³-hybridized carbons (Fsp3) is 0.467. The maximum atomic E-state index is 13.1. The molecule has 0 aliphatic carbocycles. The molecule has 1 saturated heterocycles. The number of nitriles is 1. The van der Waals surface area contributed by atoms with Crippen LogP contribution in [-0.4, -0.2) is 87.3 Å². The lowest BCUT2D eigenvalue weighted by Gasteiger charge is -2.44. The maximum absolute atomic E-state index is 13.1. The number of H-pyrrole nitrogens is 1. The second kappa shape index (κ2) is 15.1. The van der Waals surface area contributed by atoms with Gasteiger partial charge in [-0.25, -0.2) is 0 Å². The average Bonchev–Trinajstić information content (AvgIpc) is 2.97. The lowest BCUT2D eigenvalue weighted by Crippen LogP contribution is -2.62. The Bertz CT molecular complexity index is 1520. The molecule has 1 aliphatic rings. The van der Waals surface area contributed by atoms with Crippen LogP contribution in [0.1, 0.15) is 39.0 Å². The summed E-state index contributed by atoms with van der Waals surface area (Å²) in [6.07, 6.45) is -6.53. The molecule has 0 bridgehead atoms. The van der Waals surface area contributed by atoms with Crippen LogP contribution in [0.25, 0.3) is 11.1 Å². The van der Waals surface area contributed by atoms with Gasteiger partial charge in [-0.2, -0.15) is 5.26 Å². The summed E-state index contributed by atoms with van der Waals surface area (Å²) in [5.74, 6) is -2.12. The van der Waals surface area contributed by atoms with Crippen LogP contribution in [0.4, 0.5) is 0 Å². The molecule has 242 valence electrons. The van der Waals surface area contributed by atoms with Gasteiger partial charge in [0.2, 0.25) is 5.75 Å². The average molecular weight is 631 g/mol. The van der Waals surface area contributed by atoms with Crippen LogP contribution in [-0.2, 0) is 49.3 Å². The molecule has 1 N–H and O–H groups in total. The predicted octanol–water partition coefficient (Wildman–Crippen LogP) is 1.61. The molecule has 5 atom stereocenters. The number of nitrogens with one attached hydrogen (secondary N) is 1. The highest BCUT2D eigenvalue weighted by Crippen LogP contribution is 2.42. The zero-order chi connectivity index (χ0) is 33.4. The maximum Gasteiger partial charge on any atom is 0.303 e. The first-order valence-electron chi connectivity index (χ1n) is 13.6. The SMILES string of the molecule is COc1cc(-c2cc(C[C@@H]3O[C@H](COC(C)=O)[C@@H](OC(C)=O)[C@H](OC(C)=O)[C@H]3OC(C)=O)[nH]c(=O)c2C#N)cc(OC)c1OC. The fourth-order valence-corrected chi connectivity index (χ4v) is 5.00. The molecule has 0 saturated carbocycles. The Morgan fingerprint density at radius 1 is 0.800 bits per heavy atom. The molecule has 15 heteroatoms. The number of carbonyl (C=O) groups is 4. The van der Waals surface area contributed by atoms with E-state index < -0.39 is 66.6 Å². The number of hydrogen-bond acceptors (Lipinski definition) is 14. The summed E-state index contributed by atoms with van der Waals surface area (Å²) in [6.45, 7) is 4.11. The van der Waals surface area contributed by atoms with Crippen molar-refractivity contribution in [3.05, 3.63) is 39.8 Å². The molecular formula is C30H34N2O13. The summed E-state index contributed by atoms with van der Waals surface area (Å²) < 4.78 is 43.9. The van der Waals surface area contributed by atoms with Crippen LogP contribution in [0.2, 0.25) is 0 Å². The first-order chi connectivity index (χ1) is 21.3. The van der Waals surface area contributed by atoms with E-state index in [1.165, 1.54) is 34.3 Å². The summed E-state index contributed by atoms with van der Waals surface area (Å²) in [5, 5.41) is 9.86. The third kappa shape index (κ3) is 8.30. The smallest absolute Gasteiger partial charge is 0.303 e. The highest BCUT2D eigenvalue weighted by molar-refractivity contribution is 5.75. The van der Waals surface area contributed by atoms with Crippen LogP contribution < -0.4 is 19.8 Å². The second-order valence-corrected chi connectivity index (χ2v) is 9.88. The van der Waals surface area contributed by atoms with E-state index in [1.54, 1.807) is 12.1 Å². The number of benzene rings is 1.